The van der Waals surface area contributed by atoms with Gasteiger partial charge in [-0.25, -0.2) is 15.0 Å². The number of methoxy groups -OCH3 is 1. The Hall–Kier alpha value is -3.16. The molecule has 8 nitrogen and oxygen atoms in total. The first-order chi connectivity index (χ1) is 12.6. The summed E-state index contributed by atoms with van der Waals surface area (Å²) in [5.74, 6) is 1.02. The lowest BCUT2D eigenvalue weighted by Crippen LogP contribution is -2.33. The number of nitrogens with zero attached hydrogens (tertiary/aromatic N) is 3. The van der Waals surface area contributed by atoms with Gasteiger partial charge < -0.3 is 20.8 Å². The van der Waals surface area contributed by atoms with E-state index in [1.165, 1.54) is 0 Å². The van der Waals surface area contributed by atoms with E-state index in [0.717, 1.165) is 30.3 Å². The summed E-state index contributed by atoms with van der Waals surface area (Å²) in [7, 11) is 1.57. The van der Waals surface area contributed by atoms with Crippen molar-refractivity contribution in [3.8, 4) is 5.75 Å². The zero-order chi connectivity index (χ0) is 18.5. The van der Waals surface area contributed by atoms with Gasteiger partial charge in [0, 0.05) is 18.4 Å². The van der Waals surface area contributed by atoms with Crippen LogP contribution in [0, 0.1) is 0 Å². The van der Waals surface area contributed by atoms with Gasteiger partial charge in [0.05, 0.1) is 12.6 Å². The van der Waals surface area contributed by atoms with Crippen LogP contribution in [0.3, 0.4) is 0 Å². The zero-order valence-electron chi connectivity index (χ0n) is 14.8. The molecule has 4 N–H and O–H groups in total. The van der Waals surface area contributed by atoms with Crippen LogP contribution >= 0.6 is 0 Å². The minimum absolute atomic E-state index is 0.0207. The van der Waals surface area contributed by atoms with E-state index in [1.54, 1.807) is 25.6 Å². The number of carbonyl (C=O) groups excluding carboxylic acids is 1. The lowest BCUT2D eigenvalue weighted by Gasteiger charge is -2.13. The second-order valence-corrected chi connectivity index (χ2v) is 6.16. The quantitative estimate of drug-likeness (QED) is 0.598. The molecule has 0 aliphatic heterocycles. The van der Waals surface area contributed by atoms with Crippen molar-refractivity contribution in [3.63, 3.8) is 0 Å². The predicted octanol–water partition coefficient (Wildman–Crippen LogP) is 2.08. The first kappa shape index (κ1) is 17.7. The summed E-state index contributed by atoms with van der Waals surface area (Å²) in [6, 6.07) is 5.55. The van der Waals surface area contributed by atoms with Gasteiger partial charge in [-0.05, 0) is 49.9 Å². The molecule has 0 spiro atoms. The largest absolute Gasteiger partial charge is 0.493 e. The topological polar surface area (TPSA) is 119 Å². The van der Waals surface area contributed by atoms with E-state index < -0.39 is 0 Å². The number of rotatable bonds is 7. The van der Waals surface area contributed by atoms with Gasteiger partial charge >= 0.3 is 0 Å². The van der Waals surface area contributed by atoms with E-state index in [0.29, 0.717) is 17.2 Å². The number of carbonyl (C=O) groups is 1. The fourth-order valence-corrected chi connectivity index (χ4v) is 2.73. The van der Waals surface area contributed by atoms with Crippen molar-refractivity contribution in [1.29, 1.82) is 0 Å². The monoisotopic (exact) mass is 354 g/mol. The molecule has 136 valence electrons. The molecule has 1 amide bonds. The van der Waals surface area contributed by atoms with Gasteiger partial charge in [0.15, 0.2) is 23.0 Å². The number of nitrogens with two attached hydrogens (primary N) is 1. The third-order valence-electron chi connectivity index (χ3n) is 4.11. The Morgan fingerprint density at radius 1 is 1.42 bits per heavy atom. The normalized spacial score (nSPS) is 12.1. The molecule has 0 unspecified atom stereocenters. The van der Waals surface area contributed by atoms with E-state index in [4.69, 9.17) is 10.5 Å². The number of nitrogen functional groups attached to an aromatic ring is 1. The van der Waals surface area contributed by atoms with E-state index in [2.05, 4.69) is 25.3 Å². The predicted molar refractivity (Wildman–Crippen MR) is 99.0 cm³/mol. The summed E-state index contributed by atoms with van der Waals surface area (Å²) in [5.41, 5.74) is 8.05. The summed E-state index contributed by atoms with van der Waals surface area (Å²) >= 11 is 0. The SMILES string of the molecule is COc1cc(CCC[C@H](C)NC(=O)c2nc3ncccc3[nH]2)cnc1N. The Bertz CT molecular complexity index is 875. The standard InChI is InChI=1S/C18H22N6O2/c1-11(5-3-6-12-9-14(26-2)15(19)21-10-12)22-18(25)17-23-13-7-4-8-20-16(13)24-17/h4,7-11H,3,5-6H2,1-2H3,(H2,19,21)(H,22,25)(H,20,23,24)/t11-/m0/s1. The Labute approximate surface area is 151 Å². The molecule has 3 aromatic rings. The van der Waals surface area contributed by atoms with Crippen LogP contribution in [0.4, 0.5) is 5.82 Å². The summed E-state index contributed by atoms with van der Waals surface area (Å²) in [6.45, 7) is 1.97. The fourth-order valence-electron chi connectivity index (χ4n) is 2.73. The van der Waals surface area contributed by atoms with Gasteiger partial charge in [0.2, 0.25) is 0 Å². The number of imidazole rings is 1. The molecular weight excluding hydrogens is 332 g/mol. The number of aryl methyl sites for hydroxylation is 1. The summed E-state index contributed by atoms with van der Waals surface area (Å²) in [6.07, 6.45) is 5.96. The summed E-state index contributed by atoms with van der Waals surface area (Å²) in [5, 5.41) is 2.95. The number of anilines is 1. The van der Waals surface area contributed by atoms with Gasteiger partial charge in [0.25, 0.3) is 5.91 Å². The number of ether oxygens (including phenoxy) is 1. The molecule has 0 aromatic carbocycles. The first-order valence-electron chi connectivity index (χ1n) is 8.47. The number of pyridine rings is 2. The second-order valence-electron chi connectivity index (χ2n) is 6.16. The Morgan fingerprint density at radius 3 is 3.04 bits per heavy atom. The van der Waals surface area contributed by atoms with Crippen molar-refractivity contribution >= 4 is 22.9 Å². The number of fused-ring (bicyclic) bond motifs is 1. The number of hydrogen-bond acceptors (Lipinski definition) is 6. The highest BCUT2D eigenvalue weighted by Gasteiger charge is 2.14. The van der Waals surface area contributed by atoms with Crippen molar-refractivity contribution in [1.82, 2.24) is 25.3 Å². The summed E-state index contributed by atoms with van der Waals surface area (Å²) < 4.78 is 5.18. The van der Waals surface area contributed by atoms with Crippen LogP contribution in [0.25, 0.3) is 11.2 Å². The Morgan fingerprint density at radius 2 is 2.27 bits per heavy atom. The van der Waals surface area contributed by atoms with Crippen LogP contribution in [-0.2, 0) is 6.42 Å². The van der Waals surface area contributed by atoms with Crippen molar-refractivity contribution in [2.45, 2.75) is 32.2 Å². The van der Waals surface area contributed by atoms with Gasteiger partial charge in [-0.15, -0.1) is 0 Å². The lowest BCUT2D eigenvalue weighted by molar-refractivity contribution is 0.0929. The average Bonchev–Trinajstić information content (AvgIpc) is 3.07. The molecule has 0 bridgehead atoms. The minimum atomic E-state index is -0.230. The number of hydrogen-bond donors (Lipinski definition) is 3. The van der Waals surface area contributed by atoms with Crippen LogP contribution in [0.5, 0.6) is 5.75 Å². The third kappa shape index (κ3) is 4.08. The average molecular weight is 354 g/mol. The molecule has 8 heteroatoms. The Kier molecular flexibility index (Phi) is 5.31. The molecule has 0 aliphatic rings. The molecule has 3 heterocycles. The molecule has 0 aliphatic carbocycles. The van der Waals surface area contributed by atoms with Crippen LogP contribution in [0.15, 0.2) is 30.6 Å². The highest BCUT2D eigenvalue weighted by Crippen LogP contribution is 2.20. The Balaban J connectivity index is 1.50. The van der Waals surface area contributed by atoms with Crippen molar-refractivity contribution < 1.29 is 9.53 Å². The van der Waals surface area contributed by atoms with Crippen LogP contribution in [0.2, 0.25) is 0 Å². The van der Waals surface area contributed by atoms with E-state index in [-0.39, 0.29) is 17.8 Å². The van der Waals surface area contributed by atoms with Crippen molar-refractivity contribution in [2.75, 3.05) is 12.8 Å². The number of nitrogens with one attached hydrogen (secondary N) is 2. The molecule has 0 radical (unpaired) electrons. The van der Waals surface area contributed by atoms with Gasteiger partial charge in [-0.2, -0.15) is 0 Å². The molecular formula is C18H22N6O2. The van der Waals surface area contributed by atoms with Gasteiger partial charge in [-0.1, -0.05) is 0 Å². The smallest absolute Gasteiger partial charge is 0.287 e. The maximum atomic E-state index is 12.3. The molecule has 0 saturated heterocycles. The van der Waals surface area contributed by atoms with E-state index in [1.807, 2.05) is 19.1 Å². The summed E-state index contributed by atoms with van der Waals surface area (Å²) in [4.78, 5) is 27.7. The zero-order valence-corrected chi connectivity index (χ0v) is 14.8. The molecule has 3 aromatic heterocycles. The van der Waals surface area contributed by atoms with E-state index >= 15 is 0 Å². The molecule has 1 atom stereocenters. The van der Waals surface area contributed by atoms with E-state index in [9.17, 15) is 4.79 Å². The number of amides is 1. The first-order valence-corrected chi connectivity index (χ1v) is 8.47. The molecule has 26 heavy (non-hydrogen) atoms. The second kappa shape index (κ2) is 7.81. The number of aromatic nitrogens is 4. The van der Waals surface area contributed by atoms with Crippen LogP contribution in [-0.4, -0.2) is 39.0 Å². The van der Waals surface area contributed by atoms with Crippen LogP contribution in [0.1, 0.15) is 35.9 Å². The van der Waals surface area contributed by atoms with Crippen LogP contribution < -0.4 is 15.8 Å². The molecule has 3 rings (SSSR count). The fraction of sp³-hybridized carbons (Fsp3) is 0.333. The number of H-pyrrole nitrogens is 1. The lowest BCUT2D eigenvalue weighted by atomic mass is 10.1. The maximum Gasteiger partial charge on any atom is 0.287 e. The van der Waals surface area contributed by atoms with Gasteiger partial charge in [0.1, 0.15) is 0 Å². The molecule has 0 saturated carbocycles. The number of aromatic amines is 1. The van der Waals surface area contributed by atoms with Gasteiger partial charge in [-0.3, -0.25) is 4.79 Å². The maximum absolute atomic E-state index is 12.3. The van der Waals surface area contributed by atoms with Crippen molar-refractivity contribution in [3.05, 3.63) is 42.0 Å². The molecule has 0 fully saturated rings. The minimum Gasteiger partial charge on any atom is -0.493 e. The highest BCUT2D eigenvalue weighted by molar-refractivity contribution is 5.93. The highest BCUT2D eigenvalue weighted by atomic mass is 16.5. The van der Waals surface area contributed by atoms with Crippen molar-refractivity contribution in [2.24, 2.45) is 0 Å². The third-order valence-corrected chi connectivity index (χ3v) is 4.11.